The Morgan fingerprint density at radius 3 is 2.63 bits per heavy atom. The monoisotopic (exact) mass is 482 g/mol. The standard InChI is InChI=1S/C24H21F3N6O2/c1-35-20-6-5-17(24(25,26)27)13-19(20)32-23(34)31-18-4-2-3-15(11-18)14-33-10-9-30-22(33)16-7-8-29-21(28)12-16/h2-13H,14H2,1H3,(H2,28,29)(H2,31,32,34). The largest absolute Gasteiger partial charge is 0.495 e. The molecule has 4 aromatic rings. The quantitative estimate of drug-likeness (QED) is 0.348. The van der Waals surface area contributed by atoms with Gasteiger partial charge in [0.15, 0.2) is 0 Å². The van der Waals surface area contributed by atoms with Gasteiger partial charge in [-0.25, -0.2) is 14.8 Å². The van der Waals surface area contributed by atoms with E-state index < -0.39 is 17.8 Å². The van der Waals surface area contributed by atoms with Crippen LogP contribution in [0.15, 0.2) is 73.2 Å². The highest BCUT2D eigenvalue weighted by Gasteiger charge is 2.31. The maximum Gasteiger partial charge on any atom is 0.416 e. The van der Waals surface area contributed by atoms with Gasteiger partial charge >= 0.3 is 12.2 Å². The number of imidazole rings is 1. The lowest BCUT2D eigenvalue weighted by Gasteiger charge is -2.14. The highest BCUT2D eigenvalue weighted by atomic mass is 19.4. The van der Waals surface area contributed by atoms with Crippen LogP contribution >= 0.6 is 0 Å². The number of urea groups is 1. The molecule has 2 aromatic heterocycles. The van der Waals surface area contributed by atoms with E-state index in [0.29, 0.717) is 23.9 Å². The molecule has 0 atom stereocenters. The summed E-state index contributed by atoms with van der Waals surface area (Å²) in [5, 5.41) is 5.05. The van der Waals surface area contributed by atoms with E-state index >= 15 is 0 Å². The zero-order chi connectivity index (χ0) is 25.0. The van der Waals surface area contributed by atoms with E-state index in [1.54, 1.807) is 42.7 Å². The van der Waals surface area contributed by atoms with Crippen LogP contribution < -0.4 is 21.1 Å². The molecule has 0 aliphatic rings. The van der Waals surface area contributed by atoms with Crippen LogP contribution in [0.5, 0.6) is 5.75 Å². The summed E-state index contributed by atoms with van der Waals surface area (Å²) in [4.78, 5) is 20.9. The van der Waals surface area contributed by atoms with Gasteiger partial charge in [0.25, 0.3) is 0 Å². The fourth-order valence-electron chi connectivity index (χ4n) is 3.50. The number of halogens is 3. The van der Waals surface area contributed by atoms with Crippen molar-refractivity contribution in [1.29, 1.82) is 0 Å². The normalized spacial score (nSPS) is 11.2. The highest BCUT2D eigenvalue weighted by molar-refractivity contribution is 6.00. The third kappa shape index (κ3) is 5.69. The van der Waals surface area contributed by atoms with Crippen molar-refractivity contribution in [2.24, 2.45) is 0 Å². The minimum absolute atomic E-state index is 0.101. The van der Waals surface area contributed by atoms with Crippen molar-refractivity contribution in [2.75, 3.05) is 23.5 Å². The predicted octanol–water partition coefficient (Wildman–Crippen LogP) is 5.25. The van der Waals surface area contributed by atoms with Crippen LogP contribution in [-0.2, 0) is 12.7 Å². The lowest BCUT2D eigenvalue weighted by molar-refractivity contribution is -0.137. The van der Waals surface area contributed by atoms with Gasteiger partial charge in [0, 0.05) is 36.4 Å². The molecule has 2 aromatic carbocycles. The average Bonchev–Trinajstić information content (AvgIpc) is 3.26. The van der Waals surface area contributed by atoms with Crippen molar-refractivity contribution in [1.82, 2.24) is 14.5 Å². The van der Waals surface area contributed by atoms with Crippen molar-refractivity contribution >= 4 is 23.2 Å². The van der Waals surface area contributed by atoms with Crippen LogP contribution in [-0.4, -0.2) is 27.7 Å². The van der Waals surface area contributed by atoms with Gasteiger partial charge in [-0.3, -0.25) is 0 Å². The summed E-state index contributed by atoms with van der Waals surface area (Å²) < 4.78 is 46.2. The Balaban J connectivity index is 1.48. The summed E-state index contributed by atoms with van der Waals surface area (Å²) in [6.45, 7) is 0.455. The molecule has 11 heteroatoms. The van der Waals surface area contributed by atoms with Gasteiger partial charge in [-0.1, -0.05) is 12.1 Å². The fourth-order valence-corrected chi connectivity index (χ4v) is 3.50. The number of nitrogens with one attached hydrogen (secondary N) is 2. The number of pyridine rings is 1. The van der Waals surface area contributed by atoms with Crippen molar-refractivity contribution < 1.29 is 22.7 Å². The number of benzene rings is 2. The molecule has 0 aliphatic carbocycles. The highest BCUT2D eigenvalue weighted by Crippen LogP contribution is 2.35. The van der Waals surface area contributed by atoms with Crippen molar-refractivity contribution in [3.05, 3.63) is 84.3 Å². The number of rotatable bonds is 6. The molecule has 0 fully saturated rings. The molecule has 2 heterocycles. The number of nitrogens with two attached hydrogens (primary N) is 1. The number of carbonyl (C=O) groups excluding carboxylic acids is 1. The molecule has 4 rings (SSSR count). The van der Waals surface area contributed by atoms with E-state index in [1.807, 2.05) is 16.8 Å². The Morgan fingerprint density at radius 1 is 1.06 bits per heavy atom. The van der Waals surface area contributed by atoms with E-state index in [4.69, 9.17) is 10.5 Å². The zero-order valence-electron chi connectivity index (χ0n) is 18.5. The molecule has 2 amide bonds. The maximum absolute atomic E-state index is 13.1. The first-order valence-electron chi connectivity index (χ1n) is 10.4. The summed E-state index contributed by atoms with van der Waals surface area (Å²) in [5.74, 6) is 1.18. The first kappa shape index (κ1) is 23.6. The maximum atomic E-state index is 13.1. The van der Waals surface area contributed by atoms with Gasteiger partial charge in [-0.15, -0.1) is 0 Å². The lowest BCUT2D eigenvalue weighted by Crippen LogP contribution is -2.20. The van der Waals surface area contributed by atoms with Gasteiger partial charge in [0.2, 0.25) is 0 Å². The number of anilines is 3. The van der Waals surface area contributed by atoms with Gasteiger partial charge in [-0.05, 0) is 48.0 Å². The molecule has 4 N–H and O–H groups in total. The minimum Gasteiger partial charge on any atom is -0.495 e. The molecule has 0 spiro atoms. The Kier molecular flexibility index (Phi) is 6.58. The molecule has 0 saturated carbocycles. The molecular weight excluding hydrogens is 461 g/mol. The summed E-state index contributed by atoms with van der Waals surface area (Å²) in [6.07, 6.45) is 0.538. The van der Waals surface area contributed by atoms with Crippen LogP contribution in [0.25, 0.3) is 11.4 Å². The molecule has 0 unspecified atom stereocenters. The second kappa shape index (κ2) is 9.75. The number of alkyl halides is 3. The SMILES string of the molecule is COc1ccc(C(F)(F)F)cc1NC(=O)Nc1cccc(Cn2ccnc2-c2ccnc(N)c2)c1. The van der Waals surface area contributed by atoms with E-state index in [0.717, 1.165) is 29.3 Å². The molecule has 0 aliphatic heterocycles. The van der Waals surface area contributed by atoms with E-state index in [1.165, 1.54) is 7.11 Å². The van der Waals surface area contributed by atoms with E-state index in [9.17, 15) is 18.0 Å². The third-order valence-electron chi connectivity index (χ3n) is 5.07. The second-order valence-electron chi connectivity index (χ2n) is 7.54. The van der Waals surface area contributed by atoms with Crippen LogP contribution in [0.3, 0.4) is 0 Å². The Morgan fingerprint density at radius 2 is 1.89 bits per heavy atom. The average molecular weight is 482 g/mol. The molecule has 35 heavy (non-hydrogen) atoms. The number of hydrogen-bond donors (Lipinski definition) is 3. The van der Waals surface area contributed by atoms with Gasteiger partial charge < -0.3 is 25.7 Å². The molecular formula is C24H21F3N6O2. The smallest absolute Gasteiger partial charge is 0.416 e. The number of hydrogen-bond acceptors (Lipinski definition) is 5. The number of methoxy groups -OCH3 is 1. The van der Waals surface area contributed by atoms with Crippen molar-refractivity contribution in [3.63, 3.8) is 0 Å². The van der Waals surface area contributed by atoms with Crippen LogP contribution in [0.4, 0.5) is 35.2 Å². The molecule has 0 saturated heterocycles. The first-order valence-corrected chi connectivity index (χ1v) is 10.4. The van der Waals surface area contributed by atoms with Gasteiger partial charge in [0.1, 0.15) is 17.4 Å². The van der Waals surface area contributed by atoms with E-state index in [2.05, 4.69) is 20.6 Å². The van der Waals surface area contributed by atoms with Crippen molar-refractivity contribution in [3.8, 4) is 17.1 Å². The number of amides is 2. The zero-order valence-corrected chi connectivity index (χ0v) is 18.5. The van der Waals surface area contributed by atoms with Crippen LogP contribution in [0, 0.1) is 0 Å². The number of ether oxygens (including phenoxy) is 1. The summed E-state index contributed by atoms with van der Waals surface area (Å²) in [6, 6.07) is 12.7. The topological polar surface area (TPSA) is 107 Å². The fraction of sp³-hybridized carbons (Fsp3) is 0.125. The van der Waals surface area contributed by atoms with Crippen molar-refractivity contribution in [2.45, 2.75) is 12.7 Å². The Bertz CT molecular complexity index is 1350. The lowest BCUT2D eigenvalue weighted by atomic mass is 10.1. The minimum atomic E-state index is -4.55. The summed E-state index contributed by atoms with van der Waals surface area (Å²) >= 11 is 0. The molecule has 0 bridgehead atoms. The molecule has 8 nitrogen and oxygen atoms in total. The van der Waals surface area contributed by atoms with Gasteiger partial charge in [0.05, 0.1) is 18.4 Å². The second-order valence-corrected chi connectivity index (χ2v) is 7.54. The number of aromatic nitrogens is 3. The Hall–Kier alpha value is -4.54. The Labute approximate surface area is 198 Å². The van der Waals surface area contributed by atoms with Crippen LogP contribution in [0.2, 0.25) is 0 Å². The van der Waals surface area contributed by atoms with Crippen LogP contribution in [0.1, 0.15) is 11.1 Å². The summed E-state index contributed by atoms with van der Waals surface area (Å²) in [5.41, 5.74) is 6.91. The third-order valence-corrected chi connectivity index (χ3v) is 5.07. The van der Waals surface area contributed by atoms with E-state index in [-0.39, 0.29) is 11.4 Å². The summed E-state index contributed by atoms with van der Waals surface area (Å²) in [7, 11) is 1.31. The first-order chi connectivity index (χ1) is 16.7. The number of nitrogens with zero attached hydrogens (tertiary/aromatic N) is 3. The number of nitrogen functional groups attached to an aromatic ring is 1. The van der Waals surface area contributed by atoms with Gasteiger partial charge in [-0.2, -0.15) is 13.2 Å². The number of carbonyl (C=O) groups is 1. The molecule has 180 valence electrons. The molecule has 0 radical (unpaired) electrons. The predicted molar refractivity (Wildman–Crippen MR) is 126 cm³/mol.